The summed E-state index contributed by atoms with van der Waals surface area (Å²) in [4.78, 5) is 24.4. The molecule has 0 radical (unpaired) electrons. The van der Waals surface area contributed by atoms with Gasteiger partial charge in [-0.3, -0.25) is 9.59 Å². The molecule has 0 bridgehead atoms. The fraction of sp³-hybridized carbons (Fsp3) is 0.818. The molecule has 2 unspecified atom stereocenters. The Kier molecular flexibility index (Phi) is 48.7. The lowest BCUT2D eigenvalue weighted by Gasteiger charge is -2.20. The Bertz CT molecular complexity index is 1040. The van der Waals surface area contributed by atoms with Crippen molar-refractivity contribution in [3.63, 3.8) is 0 Å². The number of unbranched alkanes of at least 4 members (excludes halogenated alkanes) is 31. The van der Waals surface area contributed by atoms with Crippen LogP contribution < -0.4 is 5.32 Å². The van der Waals surface area contributed by atoms with Crippen molar-refractivity contribution in [2.45, 2.75) is 276 Å². The first-order valence-corrected chi connectivity index (χ1v) is 26.4. The Morgan fingerprint density at radius 3 is 1.26 bits per heavy atom. The third kappa shape index (κ3) is 47.1. The van der Waals surface area contributed by atoms with E-state index in [1.807, 2.05) is 6.08 Å². The summed E-state index contributed by atoms with van der Waals surface area (Å²) in [6.07, 6.45) is 62.6. The number of hydrogen-bond acceptors (Lipinski definition) is 5. The van der Waals surface area contributed by atoms with Gasteiger partial charge in [0.05, 0.1) is 25.4 Å². The molecule has 3 N–H and O–H groups in total. The highest BCUT2D eigenvalue weighted by Gasteiger charge is 2.18. The van der Waals surface area contributed by atoms with Crippen LogP contribution in [0.1, 0.15) is 264 Å². The first-order valence-electron chi connectivity index (χ1n) is 26.4. The van der Waals surface area contributed by atoms with Crippen LogP contribution in [-0.4, -0.2) is 47.4 Å². The summed E-state index contributed by atoms with van der Waals surface area (Å²) < 4.78 is 5.45. The fourth-order valence-corrected chi connectivity index (χ4v) is 7.71. The van der Waals surface area contributed by atoms with Crippen molar-refractivity contribution in [3.05, 3.63) is 48.6 Å². The van der Waals surface area contributed by atoms with Gasteiger partial charge in [0.25, 0.3) is 0 Å². The second-order valence-electron chi connectivity index (χ2n) is 17.8. The molecule has 0 saturated heterocycles. The molecule has 356 valence electrons. The Morgan fingerprint density at radius 2 is 0.820 bits per heavy atom. The molecule has 0 saturated carbocycles. The highest BCUT2D eigenvalue weighted by molar-refractivity contribution is 5.76. The van der Waals surface area contributed by atoms with Crippen LogP contribution in [-0.2, 0) is 14.3 Å². The molecular formula is C55H101NO5. The van der Waals surface area contributed by atoms with Crippen molar-refractivity contribution in [3.8, 4) is 0 Å². The minimum atomic E-state index is -0.854. The first-order chi connectivity index (χ1) is 30.0. The number of aliphatic hydroxyl groups is 2. The first kappa shape index (κ1) is 58.8. The number of rotatable bonds is 48. The van der Waals surface area contributed by atoms with Crippen LogP contribution in [0.15, 0.2) is 48.6 Å². The number of amides is 1. The van der Waals surface area contributed by atoms with Gasteiger partial charge in [-0.25, -0.2) is 0 Å². The minimum absolute atomic E-state index is 0.0208. The minimum Gasteiger partial charge on any atom is -0.466 e. The zero-order valence-corrected chi connectivity index (χ0v) is 40.4. The molecule has 0 aromatic rings. The number of nitrogens with one attached hydrogen (secondary N) is 1. The van der Waals surface area contributed by atoms with Crippen molar-refractivity contribution < 1.29 is 24.5 Å². The van der Waals surface area contributed by atoms with E-state index in [-0.39, 0.29) is 18.5 Å². The molecule has 0 aliphatic carbocycles. The number of carbonyl (C=O) groups excluding carboxylic acids is 2. The number of aliphatic hydroxyl groups excluding tert-OH is 2. The average Bonchev–Trinajstić information content (AvgIpc) is 3.26. The van der Waals surface area contributed by atoms with Crippen LogP contribution in [0.25, 0.3) is 0 Å². The lowest BCUT2D eigenvalue weighted by Crippen LogP contribution is -2.45. The van der Waals surface area contributed by atoms with Crippen LogP contribution >= 0.6 is 0 Å². The zero-order valence-electron chi connectivity index (χ0n) is 40.4. The van der Waals surface area contributed by atoms with Gasteiger partial charge in [0.15, 0.2) is 0 Å². The quantitative estimate of drug-likeness (QED) is 0.0322. The molecule has 0 spiro atoms. The van der Waals surface area contributed by atoms with Crippen LogP contribution in [0.2, 0.25) is 0 Å². The van der Waals surface area contributed by atoms with Crippen molar-refractivity contribution in [1.29, 1.82) is 0 Å². The number of carbonyl (C=O) groups is 2. The van der Waals surface area contributed by atoms with Gasteiger partial charge in [-0.2, -0.15) is 0 Å². The largest absolute Gasteiger partial charge is 0.466 e. The van der Waals surface area contributed by atoms with E-state index in [4.69, 9.17) is 4.74 Å². The highest BCUT2D eigenvalue weighted by Crippen LogP contribution is 2.14. The molecule has 0 rings (SSSR count). The van der Waals surface area contributed by atoms with E-state index in [0.717, 1.165) is 83.5 Å². The molecule has 0 heterocycles. The Morgan fingerprint density at radius 1 is 0.459 bits per heavy atom. The van der Waals surface area contributed by atoms with E-state index in [2.05, 4.69) is 55.6 Å². The van der Waals surface area contributed by atoms with Gasteiger partial charge in [0.2, 0.25) is 5.91 Å². The molecule has 6 heteroatoms. The van der Waals surface area contributed by atoms with Gasteiger partial charge < -0.3 is 20.3 Å². The smallest absolute Gasteiger partial charge is 0.305 e. The maximum absolute atomic E-state index is 12.4. The molecule has 61 heavy (non-hydrogen) atoms. The van der Waals surface area contributed by atoms with Gasteiger partial charge in [0, 0.05) is 12.8 Å². The summed E-state index contributed by atoms with van der Waals surface area (Å²) in [5.74, 6) is -0.108. The lowest BCUT2D eigenvalue weighted by molar-refractivity contribution is -0.143. The predicted molar refractivity (Wildman–Crippen MR) is 264 cm³/mol. The Labute approximate surface area is 378 Å². The van der Waals surface area contributed by atoms with Crippen molar-refractivity contribution in [2.24, 2.45) is 0 Å². The summed E-state index contributed by atoms with van der Waals surface area (Å²) in [5, 5.41) is 22.9. The maximum Gasteiger partial charge on any atom is 0.305 e. The van der Waals surface area contributed by atoms with E-state index < -0.39 is 12.1 Å². The molecule has 0 aromatic carbocycles. The summed E-state index contributed by atoms with van der Waals surface area (Å²) in [7, 11) is 0. The van der Waals surface area contributed by atoms with Crippen LogP contribution in [0.3, 0.4) is 0 Å². The van der Waals surface area contributed by atoms with E-state index in [9.17, 15) is 19.8 Å². The van der Waals surface area contributed by atoms with Gasteiger partial charge in [-0.05, 0) is 96.3 Å². The fourth-order valence-electron chi connectivity index (χ4n) is 7.71. The van der Waals surface area contributed by atoms with E-state index >= 15 is 0 Å². The molecular weight excluding hydrogens is 755 g/mol. The molecule has 6 nitrogen and oxygen atoms in total. The molecule has 0 aliphatic rings. The summed E-state index contributed by atoms with van der Waals surface area (Å²) in [6.45, 7) is 4.82. The van der Waals surface area contributed by atoms with Gasteiger partial charge in [-0.15, -0.1) is 0 Å². The monoisotopic (exact) mass is 856 g/mol. The number of esters is 1. The standard InChI is InChI=1S/C55H101NO5/c1-3-5-7-9-11-13-15-16-17-19-23-26-29-33-37-41-45-49-55(60)61-50-46-42-38-34-30-27-24-21-18-20-22-25-28-32-36-40-44-48-54(59)56-52(51-57)53(58)47-43-39-35-31-14-12-10-8-6-4-2/h16-18,21,27,30,43,47,52-53,57-58H,3-15,19-20,22-26,28-29,31-42,44-46,48-51H2,1-2H3,(H,56,59)/b17-16-,21-18-,30-27-,47-43+. The third-order valence-corrected chi connectivity index (χ3v) is 11.8. The zero-order chi connectivity index (χ0) is 44.4. The summed E-state index contributed by atoms with van der Waals surface area (Å²) in [5.41, 5.74) is 0. The maximum atomic E-state index is 12.4. The number of hydrogen-bond donors (Lipinski definition) is 3. The van der Waals surface area contributed by atoms with Gasteiger partial charge in [0.1, 0.15) is 0 Å². The van der Waals surface area contributed by atoms with E-state index in [1.165, 1.54) is 154 Å². The summed E-state index contributed by atoms with van der Waals surface area (Å²) >= 11 is 0. The highest BCUT2D eigenvalue weighted by atomic mass is 16.5. The normalized spacial score (nSPS) is 13.0. The van der Waals surface area contributed by atoms with Crippen LogP contribution in [0.4, 0.5) is 0 Å². The van der Waals surface area contributed by atoms with Gasteiger partial charge in [-0.1, -0.05) is 204 Å². The molecule has 0 fully saturated rings. The average molecular weight is 856 g/mol. The Hall–Kier alpha value is -2.18. The third-order valence-electron chi connectivity index (χ3n) is 11.8. The van der Waals surface area contributed by atoms with Crippen molar-refractivity contribution in [2.75, 3.05) is 13.2 Å². The molecule has 0 aliphatic heterocycles. The second-order valence-corrected chi connectivity index (χ2v) is 17.8. The SMILES string of the molecule is CCCCCCCC/C=C\CCCCCCCCCC(=O)OCCCCC/C=C\C/C=C\CCCCCCCCCC(=O)NC(CO)C(O)/C=C/CCCCCCCCCC. The topological polar surface area (TPSA) is 95.9 Å². The van der Waals surface area contributed by atoms with Gasteiger partial charge >= 0.3 is 5.97 Å². The van der Waals surface area contributed by atoms with E-state index in [1.54, 1.807) is 6.08 Å². The van der Waals surface area contributed by atoms with Crippen LogP contribution in [0, 0.1) is 0 Å². The number of allylic oxidation sites excluding steroid dienone is 7. The Balaban J connectivity index is 3.51. The van der Waals surface area contributed by atoms with E-state index in [0.29, 0.717) is 19.4 Å². The van der Waals surface area contributed by atoms with Crippen LogP contribution in [0.5, 0.6) is 0 Å². The van der Waals surface area contributed by atoms with Crippen molar-refractivity contribution in [1.82, 2.24) is 5.32 Å². The summed E-state index contributed by atoms with van der Waals surface area (Å²) in [6, 6.07) is -0.639. The van der Waals surface area contributed by atoms with Crippen molar-refractivity contribution >= 4 is 11.9 Å². The second kappa shape index (κ2) is 50.5. The number of ether oxygens (including phenoxy) is 1. The predicted octanol–water partition coefficient (Wildman–Crippen LogP) is 15.8. The molecule has 0 aromatic heterocycles. The lowest BCUT2D eigenvalue weighted by atomic mass is 10.1. The molecule has 1 amide bonds. The molecule has 2 atom stereocenters.